The maximum atomic E-state index is 5.99. The standard InChI is InChI=1S/C12H16N4S/c1-2-17-10-7-6-9-11(15-10)16(12(13)14-9)8-4-3-5-8/h6-8H,2-5H2,1H3,(H2,13,14). The Bertz CT molecular complexity index is 545. The van der Waals surface area contributed by atoms with Crippen LogP contribution in [0.25, 0.3) is 11.2 Å². The molecule has 0 saturated heterocycles. The van der Waals surface area contributed by atoms with Gasteiger partial charge >= 0.3 is 0 Å². The number of hydrogen-bond donors (Lipinski definition) is 1. The molecule has 17 heavy (non-hydrogen) atoms. The molecule has 90 valence electrons. The largest absolute Gasteiger partial charge is 0.369 e. The van der Waals surface area contributed by atoms with Crippen LogP contribution in [0.2, 0.25) is 0 Å². The molecule has 2 N–H and O–H groups in total. The lowest BCUT2D eigenvalue weighted by Crippen LogP contribution is -2.19. The smallest absolute Gasteiger partial charge is 0.202 e. The Morgan fingerprint density at radius 2 is 2.24 bits per heavy atom. The minimum atomic E-state index is 0.509. The van der Waals surface area contributed by atoms with Crippen molar-refractivity contribution in [2.75, 3.05) is 11.5 Å². The maximum Gasteiger partial charge on any atom is 0.202 e. The van der Waals surface area contributed by atoms with Crippen LogP contribution in [-0.4, -0.2) is 20.3 Å². The van der Waals surface area contributed by atoms with Gasteiger partial charge in [-0.3, -0.25) is 4.57 Å². The number of imidazole rings is 1. The molecule has 2 aromatic heterocycles. The molecule has 0 amide bonds. The van der Waals surface area contributed by atoms with Crippen molar-refractivity contribution in [3.63, 3.8) is 0 Å². The van der Waals surface area contributed by atoms with Gasteiger partial charge in [-0.2, -0.15) is 0 Å². The van der Waals surface area contributed by atoms with Crippen molar-refractivity contribution in [2.45, 2.75) is 37.3 Å². The third-order valence-electron chi connectivity index (χ3n) is 3.27. The summed E-state index contributed by atoms with van der Waals surface area (Å²) in [5, 5.41) is 1.06. The monoisotopic (exact) mass is 248 g/mol. The highest BCUT2D eigenvalue weighted by Crippen LogP contribution is 2.36. The van der Waals surface area contributed by atoms with Crippen LogP contribution in [0, 0.1) is 0 Å². The number of nitrogen functional groups attached to an aromatic ring is 1. The molecule has 0 radical (unpaired) electrons. The van der Waals surface area contributed by atoms with Crippen LogP contribution >= 0.6 is 11.8 Å². The van der Waals surface area contributed by atoms with Crippen molar-refractivity contribution in [2.24, 2.45) is 0 Å². The summed E-state index contributed by atoms with van der Waals surface area (Å²) in [7, 11) is 0. The van der Waals surface area contributed by atoms with Crippen LogP contribution in [0.1, 0.15) is 32.2 Å². The van der Waals surface area contributed by atoms with Crippen molar-refractivity contribution in [3.05, 3.63) is 12.1 Å². The number of rotatable bonds is 3. The van der Waals surface area contributed by atoms with Gasteiger partial charge in [-0.25, -0.2) is 9.97 Å². The van der Waals surface area contributed by atoms with Gasteiger partial charge in [0.1, 0.15) is 5.52 Å². The summed E-state index contributed by atoms with van der Waals surface area (Å²) < 4.78 is 2.11. The lowest BCUT2D eigenvalue weighted by molar-refractivity contribution is 0.322. The third kappa shape index (κ3) is 1.78. The number of fused-ring (bicyclic) bond motifs is 1. The molecule has 2 heterocycles. The number of hydrogen-bond acceptors (Lipinski definition) is 4. The van der Waals surface area contributed by atoms with Gasteiger partial charge in [0.2, 0.25) is 5.95 Å². The van der Waals surface area contributed by atoms with Crippen LogP contribution in [0.5, 0.6) is 0 Å². The predicted octanol–water partition coefficient (Wildman–Crippen LogP) is 2.85. The first-order chi connectivity index (χ1) is 8.29. The molecular formula is C12H16N4S. The van der Waals surface area contributed by atoms with Crippen LogP contribution < -0.4 is 5.73 Å². The third-order valence-corrected chi connectivity index (χ3v) is 4.08. The van der Waals surface area contributed by atoms with Gasteiger partial charge in [0.15, 0.2) is 5.65 Å². The number of thioether (sulfide) groups is 1. The summed E-state index contributed by atoms with van der Waals surface area (Å²) in [6.07, 6.45) is 3.68. The molecule has 1 aliphatic carbocycles. The maximum absolute atomic E-state index is 5.99. The molecular weight excluding hydrogens is 232 g/mol. The summed E-state index contributed by atoms with van der Waals surface area (Å²) in [5.41, 5.74) is 7.85. The van der Waals surface area contributed by atoms with E-state index in [0.717, 1.165) is 21.9 Å². The molecule has 1 saturated carbocycles. The van der Waals surface area contributed by atoms with E-state index < -0.39 is 0 Å². The number of nitrogens with two attached hydrogens (primary N) is 1. The molecule has 0 spiro atoms. The molecule has 5 heteroatoms. The minimum Gasteiger partial charge on any atom is -0.369 e. The number of pyridine rings is 1. The van der Waals surface area contributed by atoms with Gasteiger partial charge in [-0.1, -0.05) is 6.92 Å². The molecule has 0 bridgehead atoms. The fraction of sp³-hybridized carbons (Fsp3) is 0.500. The first-order valence-electron chi connectivity index (χ1n) is 6.07. The molecule has 0 aliphatic heterocycles. The Balaban J connectivity index is 2.11. The Labute approximate surface area is 105 Å². The van der Waals surface area contributed by atoms with Crippen molar-refractivity contribution in [1.82, 2.24) is 14.5 Å². The van der Waals surface area contributed by atoms with Crippen LogP contribution in [0.15, 0.2) is 17.2 Å². The first-order valence-corrected chi connectivity index (χ1v) is 7.05. The van der Waals surface area contributed by atoms with Crippen molar-refractivity contribution >= 4 is 28.9 Å². The van der Waals surface area contributed by atoms with E-state index >= 15 is 0 Å². The van der Waals surface area contributed by atoms with Gasteiger partial charge in [-0.15, -0.1) is 11.8 Å². The number of anilines is 1. The Morgan fingerprint density at radius 3 is 2.88 bits per heavy atom. The summed E-state index contributed by atoms with van der Waals surface area (Å²) in [6, 6.07) is 4.55. The lowest BCUT2D eigenvalue weighted by atomic mass is 9.93. The molecule has 1 aliphatic rings. The average molecular weight is 248 g/mol. The number of aromatic nitrogens is 3. The highest BCUT2D eigenvalue weighted by Gasteiger charge is 2.24. The highest BCUT2D eigenvalue weighted by atomic mass is 32.2. The zero-order valence-electron chi connectivity index (χ0n) is 9.89. The van der Waals surface area contributed by atoms with Crippen molar-refractivity contribution in [1.29, 1.82) is 0 Å². The zero-order chi connectivity index (χ0) is 11.8. The van der Waals surface area contributed by atoms with Gasteiger partial charge in [0.05, 0.1) is 5.03 Å². The quantitative estimate of drug-likeness (QED) is 0.849. The van der Waals surface area contributed by atoms with E-state index in [1.54, 1.807) is 11.8 Å². The summed E-state index contributed by atoms with van der Waals surface area (Å²) in [6.45, 7) is 2.13. The first kappa shape index (κ1) is 10.9. The van der Waals surface area contributed by atoms with E-state index in [9.17, 15) is 0 Å². The second-order valence-electron chi connectivity index (χ2n) is 4.35. The van der Waals surface area contributed by atoms with Crippen molar-refractivity contribution < 1.29 is 0 Å². The SMILES string of the molecule is CCSc1ccc2nc(N)n(C3CCC3)c2n1. The zero-order valence-corrected chi connectivity index (χ0v) is 10.7. The summed E-state index contributed by atoms with van der Waals surface area (Å²) in [4.78, 5) is 9.06. The molecule has 1 fully saturated rings. The molecule has 4 nitrogen and oxygen atoms in total. The molecule has 0 atom stereocenters. The van der Waals surface area contributed by atoms with E-state index in [1.807, 2.05) is 12.1 Å². The summed E-state index contributed by atoms with van der Waals surface area (Å²) in [5.74, 6) is 1.64. The predicted molar refractivity (Wildman–Crippen MR) is 71.2 cm³/mol. The normalized spacial score (nSPS) is 16.3. The van der Waals surface area contributed by atoms with Gasteiger partial charge in [0, 0.05) is 6.04 Å². The molecule has 2 aromatic rings. The van der Waals surface area contributed by atoms with E-state index in [-0.39, 0.29) is 0 Å². The highest BCUT2D eigenvalue weighted by molar-refractivity contribution is 7.99. The Hall–Kier alpha value is -1.23. The van der Waals surface area contributed by atoms with E-state index in [4.69, 9.17) is 5.73 Å². The van der Waals surface area contributed by atoms with Crippen LogP contribution in [-0.2, 0) is 0 Å². The second kappa shape index (κ2) is 4.22. The summed E-state index contributed by atoms with van der Waals surface area (Å²) >= 11 is 1.75. The fourth-order valence-electron chi connectivity index (χ4n) is 2.21. The molecule has 0 aromatic carbocycles. The minimum absolute atomic E-state index is 0.509. The average Bonchev–Trinajstić information content (AvgIpc) is 2.54. The second-order valence-corrected chi connectivity index (χ2v) is 5.63. The topological polar surface area (TPSA) is 56.7 Å². The van der Waals surface area contributed by atoms with Gasteiger partial charge in [-0.05, 0) is 37.1 Å². The Kier molecular flexibility index (Phi) is 2.70. The van der Waals surface area contributed by atoms with E-state index in [0.29, 0.717) is 12.0 Å². The van der Waals surface area contributed by atoms with E-state index in [2.05, 4.69) is 21.5 Å². The van der Waals surface area contributed by atoms with Crippen LogP contribution in [0.4, 0.5) is 5.95 Å². The fourth-order valence-corrected chi connectivity index (χ4v) is 2.82. The lowest BCUT2D eigenvalue weighted by Gasteiger charge is -2.27. The molecule has 0 unspecified atom stereocenters. The van der Waals surface area contributed by atoms with E-state index in [1.165, 1.54) is 19.3 Å². The Morgan fingerprint density at radius 1 is 1.41 bits per heavy atom. The molecule has 3 rings (SSSR count). The van der Waals surface area contributed by atoms with Crippen LogP contribution in [0.3, 0.4) is 0 Å². The van der Waals surface area contributed by atoms with Gasteiger partial charge < -0.3 is 5.73 Å². The van der Waals surface area contributed by atoms with Crippen molar-refractivity contribution in [3.8, 4) is 0 Å². The number of nitrogens with zero attached hydrogens (tertiary/aromatic N) is 3. The van der Waals surface area contributed by atoms with Gasteiger partial charge in [0.25, 0.3) is 0 Å².